The van der Waals surface area contributed by atoms with E-state index in [1.807, 2.05) is 18.2 Å². The number of fused-ring (bicyclic) bond motifs is 1. The molecule has 1 aromatic heterocycles. The summed E-state index contributed by atoms with van der Waals surface area (Å²) in [5.74, 6) is 0. The molecule has 0 N–H and O–H groups in total. The minimum Gasteiger partial charge on any atom is -0.252 e. The number of aromatic nitrogens is 1. The number of allylic oxidation sites excluding steroid dienone is 2. The number of hydrogen-bond donors (Lipinski definition) is 0. The summed E-state index contributed by atoms with van der Waals surface area (Å²) in [5.41, 5.74) is 3.14. The van der Waals surface area contributed by atoms with Gasteiger partial charge in [-0.3, -0.25) is 4.98 Å². The molecular formula is C11H8N2. The van der Waals surface area contributed by atoms with Gasteiger partial charge in [-0.1, -0.05) is 18.2 Å². The fourth-order valence-corrected chi connectivity index (χ4v) is 1.36. The predicted molar refractivity (Wildman–Crippen MR) is 51.6 cm³/mol. The Bertz CT molecular complexity index is 422. The zero-order valence-electron chi connectivity index (χ0n) is 7.07. The molecule has 2 heteroatoms. The topological polar surface area (TPSA) is 36.7 Å². The van der Waals surface area contributed by atoms with E-state index in [-0.39, 0.29) is 0 Å². The molecule has 1 aliphatic carbocycles. The summed E-state index contributed by atoms with van der Waals surface area (Å²) in [6.45, 7) is 0. The van der Waals surface area contributed by atoms with Crippen LogP contribution in [0.25, 0.3) is 12.2 Å². The highest BCUT2D eigenvalue weighted by atomic mass is 14.7. The smallest absolute Gasteiger partial charge is 0.0912 e. The van der Waals surface area contributed by atoms with Crippen molar-refractivity contribution in [3.8, 4) is 6.07 Å². The average Bonchev–Trinajstić information content (AvgIpc) is 2.61. The van der Waals surface area contributed by atoms with Gasteiger partial charge in [-0.05, 0) is 17.7 Å². The fraction of sp³-hybridized carbons (Fsp3) is 0.0909. The molecule has 0 radical (unpaired) electrons. The van der Waals surface area contributed by atoms with E-state index in [1.54, 1.807) is 6.08 Å². The summed E-state index contributed by atoms with van der Waals surface area (Å²) >= 11 is 0. The van der Waals surface area contributed by atoms with Crippen molar-refractivity contribution in [2.24, 2.45) is 0 Å². The maximum atomic E-state index is 8.34. The van der Waals surface area contributed by atoms with Gasteiger partial charge in [-0.15, -0.1) is 0 Å². The van der Waals surface area contributed by atoms with Crippen molar-refractivity contribution in [2.75, 3.05) is 0 Å². The molecule has 0 unspecified atom stereocenters. The van der Waals surface area contributed by atoms with Crippen LogP contribution in [-0.2, 0) is 6.42 Å². The zero-order chi connectivity index (χ0) is 9.10. The summed E-state index contributed by atoms with van der Waals surface area (Å²) in [6.07, 6.45) is 8.23. The molecule has 0 bridgehead atoms. The van der Waals surface area contributed by atoms with Crippen LogP contribution in [-0.4, -0.2) is 4.98 Å². The summed E-state index contributed by atoms with van der Waals surface area (Å²) in [6, 6.07) is 5.90. The third kappa shape index (κ3) is 1.50. The lowest BCUT2D eigenvalue weighted by molar-refractivity contribution is 1.12. The monoisotopic (exact) mass is 168 g/mol. The Morgan fingerprint density at radius 3 is 3.23 bits per heavy atom. The summed E-state index contributed by atoms with van der Waals surface area (Å²) in [7, 11) is 0. The van der Waals surface area contributed by atoms with Crippen molar-refractivity contribution in [1.29, 1.82) is 5.26 Å². The Morgan fingerprint density at radius 2 is 2.38 bits per heavy atom. The zero-order valence-corrected chi connectivity index (χ0v) is 7.07. The van der Waals surface area contributed by atoms with E-state index in [9.17, 15) is 0 Å². The van der Waals surface area contributed by atoms with Gasteiger partial charge in [0.15, 0.2) is 0 Å². The Morgan fingerprint density at radius 1 is 1.46 bits per heavy atom. The first-order valence-electron chi connectivity index (χ1n) is 4.13. The standard InChI is InChI=1S/C11H8N2/c12-8-2-4-10-7-6-9-3-1-5-11(9)13-10/h1-4,6-7H,5H2/b4-2+. The molecule has 0 spiro atoms. The summed E-state index contributed by atoms with van der Waals surface area (Å²) in [4.78, 5) is 4.39. The Hall–Kier alpha value is -1.88. The van der Waals surface area contributed by atoms with Crippen molar-refractivity contribution in [3.05, 3.63) is 41.2 Å². The van der Waals surface area contributed by atoms with Crippen LogP contribution >= 0.6 is 0 Å². The van der Waals surface area contributed by atoms with Crippen LogP contribution in [0.3, 0.4) is 0 Å². The van der Waals surface area contributed by atoms with Gasteiger partial charge in [-0.2, -0.15) is 5.26 Å². The number of pyridine rings is 1. The fourth-order valence-electron chi connectivity index (χ4n) is 1.36. The van der Waals surface area contributed by atoms with E-state index in [4.69, 9.17) is 5.26 Å². The Kier molecular flexibility index (Phi) is 1.93. The summed E-state index contributed by atoms with van der Waals surface area (Å²) in [5, 5.41) is 8.34. The number of rotatable bonds is 1. The second-order valence-electron chi connectivity index (χ2n) is 2.84. The quantitative estimate of drug-likeness (QED) is 0.602. The van der Waals surface area contributed by atoms with E-state index < -0.39 is 0 Å². The molecule has 1 heterocycles. The minimum absolute atomic E-state index is 0.851. The van der Waals surface area contributed by atoms with Crippen LogP contribution in [0.15, 0.2) is 24.3 Å². The van der Waals surface area contributed by atoms with Crippen molar-refractivity contribution in [1.82, 2.24) is 4.98 Å². The molecule has 2 nitrogen and oxygen atoms in total. The van der Waals surface area contributed by atoms with E-state index in [2.05, 4.69) is 17.1 Å². The van der Waals surface area contributed by atoms with Gasteiger partial charge in [-0.25, -0.2) is 0 Å². The highest BCUT2D eigenvalue weighted by Crippen LogP contribution is 2.17. The molecule has 0 fully saturated rings. The maximum absolute atomic E-state index is 8.34. The molecule has 0 aromatic carbocycles. The second-order valence-corrected chi connectivity index (χ2v) is 2.84. The van der Waals surface area contributed by atoms with E-state index in [0.717, 1.165) is 17.8 Å². The molecule has 2 rings (SSSR count). The lowest BCUT2D eigenvalue weighted by Crippen LogP contribution is -1.89. The second kappa shape index (κ2) is 3.24. The highest BCUT2D eigenvalue weighted by molar-refractivity contribution is 5.60. The normalized spacial score (nSPS) is 13.2. The van der Waals surface area contributed by atoms with Crippen LogP contribution in [0.5, 0.6) is 0 Å². The lowest BCUT2D eigenvalue weighted by atomic mass is 10.2. The van der Waals surface area contributed by atoms with Crippen LogP contribution in [0.2, 0.25) is 0 Å². The molecule has 62 valence electrons. The molecule has 0 aliphatic heterocycles. The van der Waals surface area contributed by atoms with Crippen LogP contribution in [0, 0.1) is 11.3 Å². The van der Waals surface area contributed by atoms with Gasteiger partial charge < -0.3 is 0 Å². The SMILES string of the molecule is N#C/C=C/c1ccc2c(n1)CC=C2. The van der Waals surface area contributed by atoms with Gasteiger partial charge in [0.1, 0.15) is 0 Å². The largest absolute Gasteiger partial charge is 0.252 e. The van der Waals surface area contributed by atoms with Gasteiger partial charge in [0, 0.05) is 12.5 Å². The first-order chi connectivity index (χ1) is 6.40. The van der Waals surface area contributed by atoms with Crippen molar-refractivity contribution in [2.45, 2.75) is 6.42 Å². The van der Waals surface area contributed by atoms with Crippen molar-refractivity contribution >= 4 is 12.2 Å². The molecule has 0 atom stereocenters. The van der Waals surface area contributed by atoms with Gasteiger partial charge in [0.2, 0.25) is 0 Å². The lowest BCUT2D eigenvalue weighted by Gasteiger charge is -1.98. The van der Waals surface area contributed by atoms with Crippen LogP contribution in [0.4, 0.5) is 0 Å². The van der Waals surface area contributed by atoms with Crippen molar-refractivity contribution in [3.63, 3.8) is 0 Å². The Labute approximate surface area is 76.8 Å². The third-order valence-corrected chi connectivity index (χ3v) is 1.97. The van der Waals surface area contributed by atoms with E-state index >= 15 is 0 Å². The third-order valence-electron chi connectivity index (χ3n) is 1.97. The van der Waals surface area contributed by atoms with Gasteiger partial charge in [0.05, 0.1) is 17.5 Å². The Balaban J connectivity index is 2.34. The molecular weight excluding hydrogens is 160 g/mol. The first-order valence-corrected chi connectivity index (χ1v) is 4.13. The minimum atomic E-state index is 0.851. The highest BCUT2D eigenvalue weighted by Gasteiger charge is 2.05. The summed E-state index contributed by atoms with van der Waals surface area (Å²) < 4.78 is 0. The molecule has 1 aliphatic rings. The molecule has 13 heavy (non-hydrogen) atoms. The van der Waals surface area contributed by atoms with Gasteiger partial charge in [0.25, 0.3) is 0 Å². The number of hydrogen-bond acceptors (Lipinski definition) is 2. The first kappa shape index (κ1) is 7.75. The average molecular weight is 168 g/mol. The molecule has 1 aromatic rings. The molecule has 0 saturated heterocycles. The molecule has 0 amide bonds. The predicted octanol–water partition coefficient (Wildman–Crippen LogP) is 2.19. The van der Waals surface area contributed by atoms with E-state index in [1.165, 1.54) is 11.6 Å². The van der Waals surface area contributed by atoms with Crippen LogP contribution < -0.4 is 0 Å². The number of nitriles is 1. The maximum Gasteiger partial charge on any atom is 0.0912 e. The van der Waals surface area contributed by atoms with Crippen LogP contribution in [0.1, 0.15) is 17.0 Å². The molecule has 0 saturated carbocycles. The van der Waals surface area contributed by atoms with Crippen molar-refractivity contribution < 1.29 is 0 Å². The van der Waals surface area contributed by atoms with Gasteiger partial charge >= 0.3 is 0 Å². The van der Waals surface area contributed by atoms with E-state index in [0.29, 0.717) is 0 Å². The number of nitrogens with zero attached hydrogens (tertiary/aromatic N) is 2.